The summed E-state index contributed by atoms with van der Waals surface area (Å²) in [7, 11) is 1.40. The van der Waals surface area contributed by atoms with Gasteiger partial charge in [0.1, 0.15) is 11.4 Å². The lowest BCUT2D eigenvalue weighted by molar-refractivity contribution is 0.162. The lowest BCUT2D eigenvalue weighted by Gasteiger charge is -2.22. The van der Waals surface area contributed by atoms with Gasteiger partial charge in [-0.2, -0.15) is 0 Å². The summed E-state index contributed by atoms with van der Waals surface area (Å²) in [5.41, 5.74) is -0.415. The summed E-state index contributed by atoms with van der Waals surface area (Å²) in [5.74, 6) is 0.710. The van der Waals surface area contributed by atoms with Crippen LogP contribution in [0.25, 0.3) is 0 Å². The Morgan fingerprint density at radius 3 is 2.31 bits per heavy atom. The van der Waals surface area contributed by atoms with Crippen LogP contribution in [0.2, 0.25) is 0 Å². The van der Waals surface area contributed by atoms with Gasteiger partial charge in [0.2, 0.25) is 0 Å². The van der Waals surface area contributed by atoms with Crippen molar-refractivity contribution in [3.8, 4) is 5.75 Å². The van der Waals surface area contributed by atoms with Gasteiger partial charge in [0, 0.05) is 0 Å². The molecule has 1 aromatic carbocycles. The Balaban J connectivity index is 2.79. The Kier molecular flexibility index (Phi) is 4.26. The van der Waals surface area contributed by atoms with E-state index in [1.165, 1.54) is 7.11 Å². The average Bonchev–Trinajstić information content (AvgIpc) is 2.28. The first-order chi connectivity index (χ1) is 7.48. The Bertz CT molecular complexity index is 382. The van der Waals surface area contributed by atoms with E-state index in [4.69, 9.17) is 8.92 Å². The molecule has 88 valence electrons. The summed E-state index contributed by atoms with van der Waals surface area (Å²) in [6, 6.07) is 6.96. The summed E-state index contributed by atoms with van der Waals surface area (Å²) in [6.07, 6.45) is 1.73. The van der Waals surface area contributed by atoms with Gasteiger partial charge in [-0.15, -0.1) is 0 Å². The molecule has 1 aromatic rings. The van der Waals surface area contributed by atoms with Crippen LogP contribution in [-0.2, 0) is 15.3 Å². The molecule has 0 aliphatic carbocycles. The molecule has 0 heterocycles. The number of hydrogen-bond donors (Lipinski definition) is 0. The van der Waals surface area contributed by atoms with E-state index in [0.717, 1.165) is 0 Å². The predicted octanol–water partition coefficient (Wildman–Crippen LogP) is 2.70. The van der Waals surface area contributed by atoms with Crippen molar-refractivity contribution in [1.82, 2.24) is 0 Å². The van der Waals surface area contributed by atoms with Gasteiger partial charge in [0.25, 0.3) is 0 Å². The summed E-state index contributed by atoms with van der Waals surface area (Å²) >= 11 is -1.40. The monoisotopic (exact) mass is 240 g/mol. The largest absolute Gasteiger partial charge is 0.484 e. The Hall–Kier alpha value is -1.13. The summed E-state index contributed by atoms with van der Waals surface area (Å²) < 4.78 is 21.7. The lowest BCUT2D eigenvalue weighted by Crippen LogP contribution is -2.24. The quantitative estimate of drug-likeness (QED) is 0.742. The van der Waals surface area contributed by atoms with Crippen molar-refractivity contribution in [2.45, 2.75) is 24.3 Å². The van der Waals surface area contributed by atoms with Gasteiger partial charge in [-0.25, -0.2) is 4.21 Å². The van der Waals surface area contributed by atoms with Crippen molar-refractivity contribution in [2.75, 3.05) is 7.11 Å². The molecule has 1 atom stereocenters. The molecule has 1 rings (SSSR count). The second-order valence-corrected chi connectivity index (χ2v) is 5.06. The van der Waals surface area contributed by atoms with Gasteiger partial charge in [0.05, 0.1) is 12.0 Å². The van der Waals surface area contributed by atoms with Crippen LogP contribution >= 0.6 is 0 Å². The highest BCUT2D eigenvalue weighted by atomic mass is 32.2. The van der Waals surface area contributed by atoms with Crippen molar-refractivity contribution >= 4 is 11.1 Å². The van der Waals surface area contributed by atoms with Crippen LogP contribution in [-0.4, -0.2) is 16.9 Å². The first-order valence-electron chi connectivity index (χ1n) is 4.87. The minimum atomic E-state index is -1.40. The highest BCUT2D eigenvalue weighted by Gasteiger charge is 2.14. The van der Waals surface area contributed by atoms with Gasteiger partial charge >= 0.3 is 0 Å². The van der Waals surface area contributed by atoms with Crippen LogP contribution in [0.4, 0.5) is 0 Å². The maximum absolute atomic E-state index is 11.3. The molecule has 0 N–H and O–H groups in total. The molecule has 3 nitrogen and oxygen atoms in total. The highest BCUT2D eigenvalue weighted by molar-refractivity contribution is 7.80. The average molecular weight is 240 g/mol. The molecule has 0 aliphatic heterocycles. The van der Waals surface area contributed by atoms with Gasteiger partial charge in [-0.1, -0.05) is 6.58 Å². The maximum atomic E-state index is 11.3. The molecule has 16 heavy (non-hydrogen) atoms. The van der Waals surface area contributed by atoms with Crippen molar-refractivity contribution in [3.63, 3.8) is 0 Å². The minimum absolute atomic E-state index is 0.415. The molecule has 0 aromatic heterocycles. The van der Waals surface area contributed by atoms with Crippen LogP contribution in [0.1, 0.15) is 13.8 Å². The Morgan fingerprint density at radius 1 is 1.31 bits per heavy atom. The van der Waals surface area contributed by atoms with Crippen molar-refractivity contribution in [1.29, 1.82) is 0 Å². The molecule has 0 saturated carbocycles. The fourth-order valence-electron chi connectivity index (χ4n) is 1.06. The number of ether oxygens (including phenoxy) is 1. The van der Waals surface area contributed by atoms with E-state index < -0.39 is 16.7 Å². The fourth-order valence-corrected chi connectivity index (χ4v) is 1.61. The van der Waals surface area contributed by atoms with Gasteiger partial charge in [-0.3, -0.25) is 4.18 Å². The second kappa shape index (κ2) is 5.27. The zero-order valence-corrected chi connectivity index (χ0v) is 10.5. The highest BCUT2D eigenvalue weighted by Crippen LogP contribution is 2.20. The standard InChI is InChI=1S/C12H16O3S/c1-5-12(2,3)15-10-6-8-11(9-7-10)16(13)14-4/h5-9H,1H2,2-4H3. The van der Waals surface area contributed by atoms with E-state index in [1.54, 1.807) is 30.3 Å². The van der Waals surface area contributed by atoms with E-state index in [9.17, 15) is 4.21 Å². The SMILES string of the molecule is C=CC(C)(C)Oc1ccc(S(=O)OC)cc1. The zero-order chi connectivity index (χ0) is 12.2. The molecule has 0 aliphatic rings. The first kappa shape index (κ1) is 12.9. The molecular weight excluding hydrogens is 224 g/mol. The number of hydrogen-bond acceptors (Lipinski definition) is 3. The van der Waals surface area contributed by atoms with E-state index in [1.807, 2.05) is 13.8 Å². The van der Waals surface area contributed by atoms with Gasteiger partial charge in [-0.05, 0) is 44.2 Å². The van der Waals surface area contributed by atoms with Gasteiger partial charge in [0.15, 0.2) is 11.1 Å². The second-order valence-electron chi connectivity index (χ2n) is 3.78. The zero-order valence-electron chi connectivity index (χ0n) is 9.73. The normalized spacial score (nSPS) is 13.2. The number of benzene rings is 1. The van der Waals surface area contributed by atoms with Crippen molar-refractivity contribution < 1.29 is 13.1 Å². The van der Waals surface area contributed by atoms with Gasteiger partial charge < -0.3 is 4.74 Å². The topological polar surface area (TPSA) is 35.5 Å². The van der Waals surface area contributed by atoms with Crippen LogP contribution in [0.15, 0.2) is 41.8 Å². The predicted molar refractivity (Wildman–Crippen MR) is 64.8 cm³/mol. The molecule has 0 radical (unpaired) electrons. The molecule has 1 unspecified atom stereocenters. The van der Waals surface area contributed by atoms with Crippen LogP contribution in [0, 0.1) is 0 Å². The summed E-state index contributed by atoms with van der Waals surface area (Å²) in [5, 5.41) is 0. The van der Waals surface area contributed by atoms with Crippen LogP contribution in [0.5, 0.6) is 5.75 Å². The molecular formula is C12H16O3S. The van der Waals surface area contributed by atoms with E-state index in [0.29, 0.717) is 10.6 Å². The molecule has 0 amide bonds. The van der Waals surface area contributed by atoms with Crippen molar-refractivity contribution in [2.24, 2.45) is 0 Å². The third kappa shape index (κ3) is 3.47. The third-order valence-electron chi connectivity index (χ3n) is 2.04. The molecule has 0 fully saturated rings. The van der Waals surface area contributed by atoms with E-state index in [2.05, 4.69) is 6.58 Å². The minimum Gasteiger partial charge on any atom is -0.484 e. The summed E-state index contributed by atoms with van der Waals surface area (Å²) in [6.45, 7) is 7.53. The lowest BCUT2D eigenvalue weighted by atomic mass is 10.1. The Labute approximate surface area is 98.7 Å². The maximum Gasteiger partial charge on any atom is 0.188 e. The first-order valence-corrected chi connectivity index (χ1v) is 5.95. The molecule has 4 heteroatoms. The third-order valence-corrected chi connectivity index (χ3v) is 3.00. The van der Waals surface area contributed by atoms with Crippen LogP contribution in [0.3, 0.4) is 0 Å². The molecule has 0 saturated heterocycles. The fraction of sp³-hybridized carbons (Fsp3) is 0.333. The smallest absolute Gasteiger partial charge is 0.188 e. The van der Waals surface area contributed by atoms with Crippen LogP contribution < -0.4 is 4.74 Å². The molecule has 0 bridgehead atoms. The Morgan fingerprint density at radius 2 is 1.88 bits per heavy atom. The van der Waals surface area contributed by atoms with E-state index in [-0.39, 0.29) is 0 Å². The van der Waals surface area contributed by atoms with E-state index >= 15 is 0 Å². The molecule has 0 spiro atoms. The number of rotatable bonds is 5. The summed E-state index contributed by atoms with van der Waals surface area (Å²) in [4.78, 5) is 0.617. The van der Waals surface area contributed by atoms with Crippen molar-refractivity contribution in [3.05, 3.63) is 36.9 Å².